The minimum atomic E-state index is 0.00921. The topological polar surface area (TPSA) is 80.5 Å². The van der Waals surface area contributed by atoms with Crippen molar-refractivity contribution in [2.24, 2.45) is 11.8 Å². The number of hydrogen-bond acceptors (Lipinski definition) is 6. The summed E-state index contributed by atoms with van der Waals surface area (Å²) in [6.45, 7) is 6.27. The van der Waals surface area contributed by atoms with Gasteiger partial charge in [-0.25, -0.2) is 0 Å². The molecule has 0 radical (unpaired) electrons. The molecule has 1 saturated heterocycles. The summed E-state index contributed by atoms with van der Waals surface area (Å²) in [6.07, 6.45) is 2.01. The molecule has 0 unspecified atom stereocenters. The largest absolute Gasteiger partial charge is 0.379 e. The number of carbonyl (C=O) groups excluding carboxylic acids is 1. The third-order valence-electron chi connectivity index (χ3n) is 6.10. The van der Waals surface area contributed by atoms with E-state index in [1.54, 1.807) is 14.0 Å². The normalized spacial score (nSPS) is 27.5. The fourth-order valence-corrected chi connectivity index (χ4v) is 4.76. The van der Waals surface area contributed by atoms with Crippen LogP contribution in [0.2, 0.25) is 0 Å². The highest BCUT2D eigenvalue weighted by Gasteiger charge is 2.42. The minimum absolute atomic E-state index is 0.00921. The molecule has 2 fully saturated rings. The Kier molecular flexibility index (Phi) is 5.46. The smallest absolute Gasteiger partial charge is 0.241 e. The van der Waals surface area contributed by atoms with Crippen LogP contribution in [0.25, 0.3) is 11.4 Å². The number of aromatic nitrogens is 2. The van der Waals surface area contributed by atoms with Crippen LogP contribution in [0.5, 0.6) is 0 Å². The molecular formula is C21H28N4O3. The third kappa shape index (κ3) is 3.95. The van der Waals surface area contributed by atoms with Crippen molar-refractivity contribution in [3.8, 4) is 11.4 Å². The number of amides is 1. The molecular weight excluding hydrogens is 356 g/mol. The zero-order chi connectivity index (χ0) is 19.7. The number of fused-ring (bicyclic) bond motifs is 1. The Labute approximate surface area is 165 Å². The zero-order valence-corrected chi connectivity index (χ0v) is 16.7. The fourth-order valence-electron chi connectivity index (χ4n) is 4.76. The number of hydrogen-bond donors (Lipinski definition) is 1. The Morgan fingerprint density at radius 1 is 1.29 bits per heavy atom. The van der Waals surface area contributed by atoms with Crippen LogP contribution >= 0.6 is 0 Å². The van der Waals surface area contributed by atoms with E-state index in [-0.39, 0.29) is 18.1 Å². The molecule has 1 saturated carbocycles. The number of nitrogens with zero attached hydrogens (tertiary/aromatic N) is 3. The maximum Gasteiger partial charge on any atom is 0.241 e. The van der Waals surface area contributed by atoms with Crippen LogP contribution in [0.15, 0.2) is 28.8 Å². The van der Waals surface area contributed by atoms with Gasteiger partial charge in [0.15, 0.2) is 0 Å². The lowest BCUT2D eigenvalue weighted by Gasteiger charge is -2.37. The summed E-state index contributed by atoms with van der Waals surface area (Å²) in [5, 5.41) is 7.23. The predicted molar refractivity (Wildman–Crippen MR) is 104 cm³/mol. The number of rotatable bonds is 5. The van der Waals surface area contributed by atoms with Crippen molar-refractivity contribution in [2.75, 3.05) is 20.2 Å². The lowest BCUT2D eigenvalue weighted by Crippen LogP contribution is -2.49. The molecule has 7 heteroatoms. The Morgan fingerprint density at radius 2 is 2.04 bits per heavy atom. The van der Waals surface area contributed by atoms with E-state index in [4.69, 9.17) is 9.26 Å². The van der Waals surface area contributed by atoms with Gasteiger partial charge in [-0.05, 0) is 37.2 Å². The SMILES string of the molecule is CO[C@@H]1C[C@H]2CN(Cc3nc(-c4ccccc4C)no3)C[C@H]2C[C@H]1NC(C)=O. The first-order chi connectivity index (χ1) is 13.5. The molecule has 150 valence electrons. The van der Waals surface area contributed by atoms with Gasteiger partial charge in [0.25, 0.3) is 0 Å². The van der Waals surface area contributed by atoms with Crippen molar-refractivity contribution in [1.82, 2.24) is 20.4 Å². The van der Waals surface area contributed by atoms with Gasteiger partial charge in [-0.1, -0.05) is 29.4 Å². The molecule has 2 aliphatic rings. The number of benzene rings is 1. The quantitative estimate of drug-likeness (QED) is 0.853. The second kappa shape index (κ2) is 8.01. The van der Waals surface area contributed by atoms with Crippen molar-refractivity contribution >= 4 is 5.91 Å². The lowest BCUT2D eigenvalue weighted by atomic mass is 9.77. The second-order valence-electron chi connectivity index (χ2n) is 8.09. The van der Waals surface area contributed by atoms with Crippen molar-refractivity contribution in [3.05, 3.63) is 35.7 Å². The molecule has 0 spiro atoms. The molecule has 2 heterocycles. The van der Waals surface area contributed by atoms with Gasteiger partial charge in [0, 0.05) is 32.7 Å². The van der Waals surface area contributed by atoms with E-state index in [1.807, 2.05) is 31.2 Å². The van der Waals surface area contributed by atoms with Crippen LogP contribution in [0.4, 0.5) is 0 Å². The first-order valence-electron chi connectivity index (χ1n) is 9.94. The Bertz CT molecular complexity index is 837. The number of methoxy groups -OCH3 is 1. The van der Waals surface area contributed by atoms with E-state index in [1.165, 1.54) is 0 Å². The lowest BCUT2D eigenvalue weighted by molar-refractivity contribution is -0.121. The standard InChI is InChI=1S/C21H28N4O3/c1-13-6-4-5-7-17(13)21-23-20(28-24-21)12-25-10-15-8-18(22-14(2)26)19(27-3)9-16(15)11-25/h4-7,15-16,18-19H,8-12H2,1-3H3,(H,22,26)/t15-,16+,18-,19-/m1/s1. The molecule has 4 rings (SSSR count). The highest BCUT2D eigenvalue weighted by atomic mass is 16.5. The summed E-state index contributed by atoms with van der Waals surface area (Å²) in [6, 6.07) is 8.16. The molecule has 4 atom stereocenters. The molecule has 1 aromatic heterocycles. The highest BCUT2D eigenvalue weighted by molar-refractivity contribution is 5.73. The van der Waals surface area contributed by atoms with Crippen molar-refractivity contribution in [3.63, 3.8) is 0 Å². The number of likely N-dealkylation sites (tertiary alicyclic amines) is 1. The molecule has 1 amide bonds. The van der Waals surface area contributed by atoms with Gasteiger partial charge in [-0.3, -0.25) is 9.69 Å². The summed E-state index contributed by atoms with van der Waals surface area (Å²) < 4.78 is 11.2. The van der Waals surface area contributed by atoms with Crippen molar-refractivity contribution < 1.29 is 14.1 Å². The van der Waals surface area contributed by atoms with Crippen LogP contribution < -0.4 is 5.32 Å². The predicted octanol–water partition coefficient (Wildman–Crippen LogP) is 2.41. The number of ether oxygens (including phenoxy) is 1. The van der Waals surface area contributed by atoms with Crippen LogP contribution in [-0.4, -0.2) is 53.3 Å². The Balaban J connectivity index is 1.40. The van der Waals surface area contributed by atoms with Crippen LogP contribution in [0.1, 0.15) is 31.2 Å². The van der Waals surface area contributed by atoms with E-state index < -0.39 is 0 Å². The van der Waals surface area contributed by atoms with Gasteiger partial charge in [-0.2, -0.15) is 4.98 Å². The monoisotopic (exact) mass is 384 g/mol. The van der Waals surface area contributed by atoms with Crippen LogP contribution in [0, 0.1) is 18.8 Å². The maximum atomic E-state index is 11.5. The van der Waals surface area contributed by atoms with E-state index in [2.05, 4.69) is 20.4 Å². The van der Waals surface area contributed by atoms with E-state index >= 15 is 0 Å². The van der Waals surface area contributed by atoms with Gasteiger partial charge >= 0.3 is 0 Å². The van der Waals surface area contributed by atoms with Gasteiger partial charge < -0.3 is 14.6 Å². The van der Waals surface area contributed by atoms with E-state index in [0.717, 1.165) is 37.1 Å². The zero-order valence-electron chi connectivity index (χ0n) is 16.7. The van der Waals surface area contributed by atoms with Gasteiger partial charge in [-0.15, -0.1) is 0 Å². The molecule has 28 heavy (non-hydrogen) atoms. The second-order valence-corrected chi connectivity index (χ2v) is 8.09. The van der Waals surface area contributed by atoms with Gasteiger partial charge in [0.2, 0.25) is 17.6 Å². The first kappa shape index (κ1) is 19.1. The molecule has 1 aliphatic carbocycles. The molecule has 7 nitrogen and oxygen atoms in total. The average molecular weight is 384 g/mol. The summed E-state index contributed by atoms with van der Waals surface area (Å²) in [5.41, 5.74) is 2.14. The number of aryl methyl sites for hydroxylation is 1. The Morgan fingerprint density at radius 3 is 2.75 bits per heavy atom. The highest BCUT2D eigenvalue weighted by Crippen LogP contribution is 2.38. The molecule has 1 aromatic carbocycles. The van der Waals surface area contributed by atoms with E-state index in [9.17, 15) is 4.79 Å². The van der Waals surface area contributed by atoms with Crippen LogP contribution in [-0.2, 0) is 16.1 Å². The number of nitrogens with one attached hydrogen (secondary N) is 1. The number of carbonyl (C=O) groups is 1. The fraction of sp³-hybridized carbons (Fsp3) is 0.571. The third-order valence-corrected chi connectivity index (χ3v) is 6.10. The van der Waals surface area contributed by atoms with Gasteiger partial charge in [0.05, 0.1) is 18.7 Å². The molecule has 1 aliphatic heterocycles. The van der Waals surface area contributed by atoms with E-state index in [0.29, 0.717) is 30.1 Å². The summed E-state index contributed by atoms with van der Waals surface area (Å²) in [7, 11) is 1.73. The van der Waals surface area contributed by atoms with Crippen molar-refractivity contribution in [2.45, 2.75) is 45.4 Å². The van der Waals surface area contributed by atoms with Crippen LogP contribution in [0.3, 0.4) is 0 Å². The molecule has 1 N–H and O–H groups in total. The molecule has 0 bridgehead atoms. The minimum Gasteiger partial charge on any atom is -0.379 e. The Hall–Kier alpha value is -2.25. The molecule has 2 aromatic rings. The maximum absolute atomic E-state index is 11.5. The first-order valence-corrected chi connectivity index (χ1v) is 9.94. The average Bonchev–Trinajstić information content (AvgIpc) is 3.27. The van der Waals surface area contributed by atoms with Gasteiger partial charge in [0.1, 0.15) is 0 Å². The summed E-state index contributed by atoms with van der Waals surface area (Å²) in [4.78, 5) is 18.5. The summed E-state index contributed by atoms with van der Waals surface area (Å²) in [5.74, 6) is 2.44. The summed E-state index contributed by atoms with van der Waals surface area (Å²) >= 11 is 0. The van der Waals surface area contributed by atoms with Crippen molar-refractivity contribution in [1.29, 1.82) is 0 Å².